The molecule has 3 rings (SSSR count). The van der Waals surface area contributed by atoms with E-state index in [2.05, 4.69) is 21.8 Å². The van der Waals surface area contributed by atoms with Crippen molar-refractivity contribution in [3.05, 3.63) is 30.0 Å². The summed E-state index contributed by atoms with van der Waals surface area (Å²) >= 11 is 0. The topological polar surface area (TPSA) is 69.6 Å². The summed E-state index contributed by atoms with van der Waals surface area (Å²) in [5.41, 5.74) is 1.39. The summed E-state index contributed by atoms with van der Waals surface area (Å²) in [6, 6.07) is 7.37. The molecule has 1 saturated heterocycles. The Hall–Kier alpha value is -2.21. The maximum Gasteiger partial charge on any atom is 0.358 e. The van der Waals surface area contributed by atoms with E-state index in [0.717, 1.165) is 38.2 Å². The first-order chi connectivity index (χ1) is 10.2. The van der Waals surface area contributed by atoms with Crippen LogP contribution in [0.2, 0.25) is 0 Å². The predicted molar refractivity (Wildman–Crippen MR) is 80.8 cm³/mol. The summed E-state index contributed by atoms with van der Waals surface area (Å²) in [5, 5.41) is 9.41. The number of para-hydroxylation sites is 2. The summed E-state index contributed by atoms with van der Waals surface area (Å²) in [7, 11) is 0. The van der Waals surface area contributed by atoms with Crippen LogP contribution < -0.4 is 4.90 Å². The Labute approximate surface area is 123 Å². The number of rotatable bonds is 3. The number of likely N-dealkylation sites (N-methyl/N-ethyl adjacent to an activating group) is 1. The molecule has 1 aliphatic rings. The summed E-state index contributed by atoms with van der Waals surface area (Å²) in [6.45, 7) is 6.55. The number of piperazine rings is 1. The lowest BCUT2D eigenvalue weighted by atomic mass is 10.2. The number of carboxylic acids is 1. The molecular formula is C15H18N4O2. The highest BCUT2D eigenvalue weighted by atomic mass is 16.4. The minimum atomic E-state index is -1.03. The van der Waals surface area contributed by atoms with Crippen LogP contribution in [0.5, 0.6) is 0 Å². The molecule has 1 fully saturated rings. The van der Waals surface area contributed by atoms with Crippen molar-refractivity contribution >= 4 is 22.8 Å². The van der Waals surface area contributed by atoms with Gasteiger partial charge in [0, 0.05) is 26.2 Å². The SMILES string of the molecule is CCN1CCN(c2nc3ccccc3nc2C(=O)O)CC1. The molecule has 0 atom stereocenters. The lowest BCUT2D eigenvalue weighted by Crippen LogP contribution is -2.47. The molecule has 0 aliphatic carbocycles. The predicted octanol–water partition coefficient (Wildman–Crippen LogP) is 1.47. The fourth-order valence-corrected chi connectivity index (χ4v) is 2.63. The van der Waals surface area contributed by atoms with Gasteiger partial charge in [-0.1, -0.05) is 19.1 Å². The fourth-order valence-electron chi connectivity index (χ4n) is 2.63. The van der Waals surface area contributed by atoms with Crippen LogP contribution in [-0.4, -0.2) is 58.7 Å². The average molecular weight is 286 g/mol. The van der Waals surface area contributed by atoms with E-state index in [1.165, 1.54) is 0 Å². The van der Waals surface area contributed by atoms with E-state index in [0.29, 0.717) is 11.3 Å². The smallest absolute Gasteiger partial charge is 0.358 e. The standard InChI is InChI=1S/C15H18N4O2/c1-2-18-7-9-19(10-8-18)14-13(15(20)21)16-11-5-3-4-6-12(11)17-14/h3-6H,2,7-10H2,1H3,(H,20,21). The van der Waals surface area contributed by atoms with Gasteiger partial charge >= 0.3 is 5.97 Å². The van der Waals surface area contributed by atoms with E-state index in [4.69, 9.17) is 0 Å². The quantitative estimate of drug-likeness (QED) is 0.921. The molecule has 0 bridgehead atoms. The third-order valence-corrected chi connectivity index (χ3v) is 3.87. The molecule has 0 amide bonds. The van der Waals surface area contributed by atoms with Gasteiger partial charge in [-0.15, -0.1) is 0 Å². The lowest BCUT2D eigenvalue weighted by molar-refractivity contribution is 0.0691. The monoisotopic (exact) mass is 286 g/mol. The van der Waals surface area contributed by atoms with Crippen LogP contribution in [0.4, 0.5) is 5.82 Å². The molecule has 0 spiro atoms. The van der Waals surface area contributed by atoms with Crippen molar-refractivity contribution in [1.29, 1.82) is 0 Å². The van der Waals surface area contributed by atoms with Crippen LogP contribution in [0.3, 0.4) is 0 Å². The molecule has 110 valence electrons. The van der Waals surface area contributed by atoms with Crippen LogP contribution in [0.1, 0.15) is 17.4 Å². The zero-order valence-corrected chi connectivity index (χ0v) is 12.0. The number of nitrogens with zero attached hydrogens (tertiary/aromatic N) is 4. The highest BCUT2D eigenvalue weighted by molar-refractivity contribution is 5.94. The van der Waals surface area contributed by atoms with E-state index in [-0.39, 0.29) is 5.69 Å². The number of aromatic carboxylic acids is 1. The first kappa shape index (κ1) is 13.8. The van der Waals surface area contributed by atoms with Crippen LogP contribution in [0.15, 0.2) is 24.3 Å². The summed E-state index contributed by atoms with van der Waals surface area (Å²) in [5.74, 6) is -0.543. The number of hydrogen-bond acceptors (Lipinski definition) is 5. The third-order valence-electron chi connectivity index (χ3n) is 3.87. The molecule has 0 saturated carbocycles. The molecule has 21 heavy (non-hydrogen) atoms. The van der Waals surface area contributed by atoms with Crippen LogP contribution in [0, 0.1) is 0 Å². The first-order valence-electron chi connectivity index (χ1n) is 7.16. The van der Waals surface area contributed by atoms with Gasteiger partial charge in [-0.05, 0) is 18.7 Å². The second-order valence-corrected chi connectivity index (χ2v) is 5.11. The summed E-state index contributed by atoms with van der Waals surface area (Å²) in [6.07, 6.45) is 0. The molecule has 6 heteroatoms. The number of fused-ring (bicyclic) bond motifs is 1. The number of carboxylic acid groups (broad SMARTS) is 1. The van der Waals surface area contributed by atoms with Gasteiger partial charge in [0.25, 0.3) is 0 Å². The molecule has 2 aromatic rings. The van der Waals surface area contributed by atoms with Gasteiger partial charge in [-0.25, -0.2) is 14.8 Å². The van der Waals surface area contributed by atoms with Crippen molar-refractivity contribution < 1.29 is 9.90 Å². The highest BCUT2D eigenvalue weighted by Gasteiger charge is 2.23. The van der Waals surface area contributed by atoms with Gasteiger partial charge in [-0.2, -0.15) is 0 Å². The van der Waals surface area contributed by atoms with Crippen LogP contribution >= 0.6 is 0 Å². The summed E-state index contributed by atoms with van der Waals surface area (Å²) < 4.78 is 0. The number of aromatic nitrogens is 2. The van der Waals surface area contributed by atoms with E-state index >= 15 is 0 Å². The Balaban J connectivity index is 2.00. The van der Waals surface area contributed by atoms with Gasteiger partial charge in [-0.3, -0.25) is 0 Å². The lowest BCUT2D eigenvalue weighted by Gasteiger charge is -2.35. The van der Waals surface area contributed by atoms with Gasteiger partial charge in [0.05, 0.1) is 11.0 Å². The molecule has 2 heterocycles. The number of anilines is 1. The van der Waals surface area contributed by atoms with Crippen molar-refractivity contribution in [2.75, 3.05) is 37.6 Å². The molecule has 0 unspecified atom stereocenters. The second kappa shape index (κ2) is 5.65. The van der Waals surface area contributed by atoms with Crippen molar-refractivity contribution in [1.82, 2.24) is 14.9 Å². The number of carbonyl (C=O) groups is 1. The molecular weight excluding hydrogens is 268 g/mol. The molecule has 0 radical (unpaired) electrons. The van der Waals surface area contributed by atoms with Gasteiger partial charge < -0.3 is 14.9 Å². The maximum absolute atomic E-state index is 11.5. The van der Waals surface area contributed by atoms with Crippen molar-refractivity contribution in [3.63, 3.8) is 0 Å². The first-order valence-corrected chi connectivity index (χ1v) is 7.16. The Morgan fingerprint density at radius 3 is 2.33 bits per heavy atom. The number of benzene rings is 1. The van der Waals surface area contributed by atoms with Gasteiger partial charge in [0.1, 0.15) is 0 Å². The van der Waals surface area contributed by atoms with Crippen molar-refractivity contribution in [3.8, 4) is 0 Å². The number of hydrogen-bond donors (Lipinski definition) is 1. The maximum atomic E-state index is 11.5. The minimum Gasteiger partial charge on any atom is -0.476 e. The second-order valence-electron chi connectivity index (χ2n) is 5.11. The molecule has 1 N–H and O–H groups in total. The molecule has 6 nitrogen and oxygen atoms in total. The zero-order chi connectivity index (χ0) is 14.8. The van der Waals surface area contributed by atoms with Crippen LogP contribution in [0.25, 0.3) is 11.0 Å². The van der Waals surface area contributed by atoms with E-state index in [9.17, 15) is 9.90 Å². The Bertz CT molecular complexity index is 666. The minimum absolute atomic E-state index is 0.0404. The Kier molecular flexibility index (Phi) is 3.70. The summed E-state index contributed by atoms with van der Waals surface area (Å²) in [4.78, 5) is 24.7. The third kappa shape index (κ3) is 2.67. The van der Waals surface area contributed by atoms with Crippen molar-refractivity contribution in [2.24, 2.45) is 0 Å². The van der Waals surface area contributed by atoms with E-state index in [1.807, 2.05) is 23.1 Å². The molecule has 1 aromatic heterocycles. The highest BCUT2D eigenvalue weighted by Crippen LogP contribution is 2.22. The van der Waals surface area contributed by atoms with Gasteiger partial charge in [0.2, 0.25) is 0 Å². The Morgan fingerprint density at radius 2 is 1.76 bits per heavy atom. The average Bonchev–Trinajstić information content (AvgIpc) is 2.53. The molecule has 1 aromatic carbocycles. The fraction of sp³-hybridized carbons (Fsp3) is 0.400. The normalized spacial score (nSPS) is 16.3. The van der Waals surface area contributed by atoms with E-state index in [1.54, 1.807) is 6.07 Å². The molecule has 1 aliphatic heterocycles. The largest absolute Gasteiger partial charge is 0.476 e. The van der Waals surface area contributed by atoms with Crippen LogP contribution in [-0.2, 0) is 0 Å². The van der Waals surface area contributed by atoms with Gasteiger partial charge in [0.15, 0.2) is 11.5 Å². The van der Waals surface area contributed by atoms with E-state index < -0.39 is 5.97 Å². The zero-order valence-electron chi connectivity index (χ0n) is 12.0. The Morgan fingerprint density at radius 1 is 1.14 bits per heavy atom. The van der Waals surface area contributed by atoms with Crippen molar-refractivity contribution in [2.45, 2.75) is 6.92 Å².